The van der Waals surface area contributed by atoms with Crippen molar-refractivity contribution in [2.24, 2.45) is 0 Å². The quantitative estimate of drug-likeness (QED) is 0.248. The van der Waals surface area contributed by atoms with Crippen LogP contribution in [0.4, 0.5) is 0 Å². The third-order valence-electron chi connectivity index (χ3n) is 1.46. The van der Waals surface area contributed by atoms with Gasteiger partial charge in [0, 0.05) is 0 Å². The summed E-state index contributed by atoms with van der Waals surface area (Å²) >= 11 is 0. The molecule has 1 nitrogen and oxygen atoms in total. The van der Waals surface area contributed by atoms with Gasteiger partial charge in [0.25, 0.3) is 0 Å². The molecule has 11 heavy (non-hydrogen) atoms. The zero-order chi connectivity index (χ0) is 7.11. The fourth-order valence-corrected chi connectivity index (χ4v) is 1.49. The van der Waals surface area contributed by atoms with Crippen LogP contribution in [0.25, 0.3) is 0 Å². The van der Waals surface area contributed by atoms with E-state index in [4.69, 9.17) is 0 Å². The maximum atomic E-state index is 2.52. The van der Waals surface area contributed by atoms with E-state index in [0.29, 0.717) is 0 Å². The summed E-state index contributed by atoms with van der Waals surface area (Å²) in [5, 5.41) is 0. The van der Waals surface area contributed by atoms with Crippen molar-refractivity contribution in [2.45, 2.75) is 32.6 Å². The van der Waals surface area contributed by atoms with Crippen molar-refractivity contribution in [1.82, 2.24) is 4.23 Å². The minimum atomic E-state index is 0. The standard InChI is InChI=1S/C6H19NSi2.CH3.Li/c1-2-3-4-5-6-7(8)9;;/h2-6H2,1,8-9H3;1H3;/q;-1;+1. The average Bonchev–Trinajstić information content (AvgIpc) is 1.80. The smallest absolute Gasteiger partial charge is 0.360 e. The maximum Gasteiger partial charge on any atom is 1.00 e. The Hall–Kier alpha value is 0.991. The van der Waals surface area contributed by atoms with E-state index in [9.17, 15) is 0 Å². The number of rotatable bonds is 5. The molecule has 4 heteroatoms. The Balaban J connectivity index is -0.000000320. The van der Waals surface area contributed by atoms with Crippen molar-refractivity contribution in [1.29, 1.82) is 0 Å². The molecule has 0 fully saturated rings. The molecule has 0 aliphatic heterocycles. The second-order valence-electron chi connectivity index (χ2n) is 2.86. The van der Waals surface area contributed by atoms with Crippen LogP contribution in [0.1, 0.15) is 32.6 Å². The topological polar surface area (TPSA) is 3.24 Å². The minimum absolute atomic E-state index is 0. The van der Waals surface area contributed by atoms with Crippen molar-refractivity contribution >= 4 is 20.8 Å². The molecule has 0 saturated carbocycles. The van der Waals surface area contributed by atoms with Gasteiger partial charge < -0.3 is 11.7 Å². The summed E-state index contributed by atoms with van der Waals surface area (Å²) in [5.41, 5.74) is 0. The molecular formula is C7H22LiNSi2. The van der Waals surface area contributed by atoms with Crippen molar-refractivity contribution in [3.63, 3.8) is 0 Å². The van der Waals surface area contributed by atoms with Gasteiger partial charge in [-0.1, -0.05) is 26.2 Å². The van der Waals surface area contributed by atoms with Crippen LogP contribution in [0.15, 0.2) is 0 Å². The third kappa shape index (κ3) is 18.2. The fourth-order valence-electron chi connectivity index (χ4n) is 0.855. The van der Waals surface area contributed by atoms with Crippen LogP contribution in [0.2, 0.25) is 0 Å². The maximum absolute atomic E-state index is 2.52. The Labute approximate surface area is 90.5 Å². The van der Waals surface area contributed by atoms with Crippen LogP contribution in [-0.2, 0) is 0 Å². The average molecular weight is 183 g/mol. The third-order valence-corrected chi connectivity index (χ3v) is 2.35. The summed E-state index contributed by atoms with van der Waals surface area (Å²) in [4.78, 5) is 0. The van der Waals surface area contributed by atoms with Gasteiger partial charge in [-0.25, -0.2) is 0 Å². The van der Waals surface area contributed by atoms with Gasteiger partial charge in [0.2, 0.25) is 0 Å². The molecule has 0 atom stereocenters. The number of hydrogen-bond acceptors (Lipinski definition) is 1. The van der Waals surface area contributed by atoms with E-state index in [1.54, 1.807) is 0 Å². The van der Waals surface area contributed by atoms with Crippen LogP contribution in [0.5, 0.6) is 0 Å². The molecule has 0 aromatic heterocycles. The first kappa shape index (κ1) is 17.9. The first-order valence-corrected chi connectivity index (χ1v) is 5.71. The molecule has 0 unspecified atom stereocenters. The van der Waals surface area contributed by atoms with E-state index in [0.717, 1.165) is 0 Å². The Morgan fingerprint density at radius 1 is 1.09 bits per heavy atom. The van der Waals surface area contributed by atoms with Crippen LogP contribution < -0.4 is 18.9 Å². The fraction of sp³-hybridized carbons (Fsp3) is 0.857. The first-order chi connectivity index (χ1) is 4.27. The monoisotopic (exact) mass is 183 g/mol. The number of unbranched alkanes of at least 4 members (excludes halogenated alkanes) is 3. The molecule has 0 rings (SSSR count). The summed E-state index contributed by atoms with van der Waals surface area (Å²) in [6.45, 7) is 3.64. The van der Waals surface area contributed by atoms with Crippen LogP contribution >= 0.6 is 0 Å². The zero-order valence-corrected chi connectivity index (χ0v) is 13.0. The predicted molar refractivity (Wildman–Crippen MR) is 57.1 cm³/mol. The molecule has 0 spiro atoms. The molecule has 0 saturated heterocycles. The number of nitrogens with zero attached hydrogens (tertiary/aromatic N) is 1. The van der Waals surface area contributed by atoms with Crippen LogP contribution in [0.3, 0.4) is 0 Å². The Kier molecular flexibility index (Phi) is 22.1. The number of hydrogen-bond donors (Lipinski definition) is 0. The second-order valence-corrected chi connectivity index (χ2v) is 7.71. The molecule has 0 aliphatic rings. The van der Waals surface area contributed by atoms with Crippen molar-refractivity contribution in [2.75, 3.05) is 6.54 Å². The zero-order valence-electron chi connectivity index (χ0n) is 8.98. The molecule has 0 amide bonds. The van der Waals surface area contributed by atoms with Crippen molar-refractivity contribution in [3.8, 4) is 0 Å². The van der Waals surface area contributed by atoms with Crippen LogP contribution in [-0.4, -0.2) is 31.6 Å². The molecule has 0 N–H and O–H groups in total. The molecule has 0 aromatic carbocycles. The largest absolute Gasteiger partial charge is 1.00 e. The van der Waals surface area contributed by atoms with E-state index >= 15 is 0 Å². The Bertz CT molecular complexity index is 62.4. The van der Waals surface area contributed by atoms with Gasteiger partial charge in [0.1, 0.15) is 0 Å². The van der Waals surface area contributed by atoms with Gasteiger partial charge in [-0.15, -0.1) is 0 Å². The molecule has 0 radical (unpaired) electrons. The van der Waals surface area contributed by atoms with E-state index in [2.05, 4.69) is 11.2 Å². The molecule has 0 aliphatic carbocycles. The molecule has 0 heterocycles. The van der Waals surface area contributed by atoms with Gasteiger partial charge >= 0.3 is 18.9 Å². The summed E-state index contributed by atoms with van der Waals surface area (Å²) < 4.78 is 2.52. The van der Waals surface area contributed by atoms with Gasteiger partial charge in [-0.3, -0.25) is 0 Å². The van der Waals surface area contributed by atoms with Crippen LogP contribution in [0, 0.1) is 7.43 Å². The van der Waals surface area contributed by atoms with E-state index < -0.39 is 0 Å². The summed E-state index contributed by atoms with van der Waals surface area (Å²) in [6.07, 6.45) is 5.66. The normalized spacial score (nSPS) is 9.27. The van der Waals surface area contributed by atoms with Gasteiger partial charge in [-0.05, 0) is 13.0 Å². The molecule has 0 aromatic rings. The van der Waals surface area contributed by atoms with Crippen molar-refractivity contribution in [3.05, 3.63) is 7.43 Å². The Morgan fingerprint density at radius 3 is 2.00 bits per heavy atom. The summed E-state index contributed by atoms with van der Waals surface area (Å²) in [6, 6.07) is 0. The first-order valence-electron chi connectivity index (χ1n) is 3.92. The minimum Gasteiger partial charge on any atom is -0.360 e. The molecular weight excluding hydrogens is 161 g/mol. The molecule has 64 valence electrons. The summed E-state index contributed by atoms with van der Waals surface area (Å²) in [5.74, 6) is 0. The van der Waals surface area contributed by atoms with E-state index in [-0.39, 0.29) is 26.3 Å². The predicted octanol–water partition coefficient (Wildman–Crippen LogP) is -3.12. The molecule has 0 bridgehead atoms. The summed E-state index contributed by atoms with van der Waals surface area (Å²) in [7, 11) is 2.56. The second kappa shape index (κ2) is 13.6. The van der Waals surface area contributed by atoms with E-state index in [1.807, 2.05) is 0 Å². The van der Waals surface area contributed by atoms with Gasteiger partial charge in [-0.2, -0.15) is 0 Å². The SMILES string of the molecule is CCCCCCN([SiH3])[SiH3].[CH3-].[Li+]. The van der Waals surface area contributed by atoms with Gasteiger partial charge in [0.05, 0.1) is 20.8 Å². The Morgan fingerprint density at radius 2 is 1.64 bits per heavy atom. The van der Waals surface area contributed by atoms with Gasteiger partial charge in [0.15, 0.2) is 0 Å². The van der Waals surface area contributed by atoms with E-state index in [1.165, 1.54) is 53.0 Å². The van der Waals surface area contributed by atoms with Crippen molar-refractivity contribution < 1.29 is 18.9 Å².